The molecule has 12 aromatic carbocycles. The van der Waals surface area contributed by atoms with Gasteiger partial charge in [0.1, 0.15) is 22.3 Å². The Hall–Kier alpha value is -8.86. The van der Waals surface area contributed by atoms with Gasteiger partial charge in [-0.05, 0) is 139 Å². The maximum absolute atomic E-state index is 6.63. The third-order valence-corrected chi connectivity index (χ3v) is 14.6. The Morgan fingerprint density at radius 3 is 0.909 bits per heavy atom. The summed E-state index contributed by atoms with van der Waals surface area (Å²) in [5.41, 5.74) is 10.4. The highest BCUT2D eigenvalue weighted by Crippen LogP contribution is 2.45. The van der Waals surface area contributed by atoms with Gasteiger partial charge in [-0.1, -0.05) is 121 Å². The summed E-state index contributed by atoms with van der Waals surface area (Å²) < 4.78 is 18.1. The molecule has 0 unspecified atom stereocenters. The van der Waals surface area contributed by atoms with Crippen molar-refractivity contribution in [3.63, 3.8) is 0 Å². The van der Waals surface area contributed by atoms with E-state index in [1.54, 1.807) is 0 Å². The molecule has 304 valence electrons. The monoisotopic (exact) mass is 838 g/mol. The Bertz CT molecular complexity index is 4340. The van der Waals surface area contributed by atoms with Crippen LogP contribution in [0.3, 0.4) is 0 Å². The van der Waals surface area contributed by atoms with Gasteiger partial charge in [0.2, 0.25) is 0 Å². The maximum atomic E-state index is 6.63. The third kappa shape index (κ3) is 4.52. The Morgan fingerprint density at radius 1 is 0.227 bits per heavy atom. The zero-order valence-electron chi connectivity index (χ0n) is 35.3. The van der Waals surface area contributed by atoms with E-state index < -0.39 is 0 Å². The third-order valence-electron chi connectivity index (χ3n) is 14.6. The van der Waals surface area contributed by atoms with Gasteiger partial charge in [-0.25, -0.2) is 0 Å². The van der Waals surface area contributed by atoms with Crippen molar-refractivity contribution < 1.29 is 8.83 Å². The van der Waals surface area contributed by atoms with E-state index in [9.17, 15) is 0 Å². The molecule has 0 aliphatic rings. The lowest BCUT2D eigenvalue weighted by Crippen LogP contribution is -1.93. The van der Waals surface area contributed by atoms with E-state index in [0.29, 0.717) is 0 Å². The zero-order chi connectivity index (χ0) is 42.8. The number of nitrogens with zero attached hydrogens (tertiary/aromatic N) is 2. The van der Waals surface area contributed by atoms with E-state index in [2.05, 4.69) is 215 Å². The van der Waals surface area contributed by atoms with Crippen LogP contribution in [0.25, 0.3) is 153 Å². The normalized spacial score (nSPS) is 12.5. The second kappa shape index (κ2) is 12.4. The van der Waals surface area contributed by atoms with Crippen molar-refractivity contribution in [3.8, 4) is 11.4 Å². The SMILES string of the molecule is c1ccc2c(c1)ccc1c2c2c3ccccc3ccc2n1-c1ccc2oc3cc4cc5oc6ccc(-n7c8ccc9ccccc9c8c8c9ccccc9ccc87)cc6c5cc4cc3c2c1. The highest BCUT2D eigenvalue weighted by atomic mass is 16.3. The molecule has 0 spiro atoms. The molecule has 4 aromatic heterocycles. The number of furan rings is 2. The summed E-state index contributed by atoms with van der Waals surface area (Å²) in [6.45, 7) is 0. The van der Waals surface area contributed by atoms with Crippen LogP contribution in [0.1, 0.15) is 0 Å². The minimum Gasteiger partial charge on any atom is -0.456 e. The average molecular weight is 839 g/mol. The molecule has 0 saturated heterocycles. The van der Waals surface area contributed by atoms with Gasteiger partial charge in [-0.2, -0.15) is 0 Å². The zero-order valence-corrected chi connectivity index (χ0v) is 35.3. The standard InChI is InChI=1S/C62H34N2O2/c1-5-13-43-35(9-1)17-23-51-59(43)60-44-14-6-2-10-36(44)18-24-52(60)63(51)41-21-27-55-49(33-41)47-29-39-30-48-50-34-42(22-28-56(50)66-58(48)32-40(39)31-57(47)65-55)64-53-25-19-37-11-3-7-15-45(37)61(53)62-46-16-8-4-12-38(46)20-26-54(62)64/h1-34H. The van der Waals surface area contributed by atoms with Gasteiger partial charge in [0.05, 0.1) is 22.1 Å². The van der Waals surface area contributed by atoms with Crippen LogP contribution in [0.2, 0.25) is 0 Å². The highest BCUT2D eigenvalue weighted by Gasteiger charge is 2.21. The minimum atomic E-state index is 0.859. The van der Waals surface area contributed by atoms with Crippen molar-refractivity contribution in [1.82, 2.24) is 9.13 Å². The average Bonchev–Trinajstić information content (AvgIpc) is 4.12. The first-order valence-electron chi connectivity index (χ1n) is 22.6. The van der Waals surface area contributed by atoms with Gasteiger partial charge >= 0.3 is 0 Å². The van der Waals surface area contributed by atoms with Gasteiger partial charge in [-0.3, -0.25) is 0 Å². The van der Waals surface area contributed by atoms with E-state index in [1.165, 1.54) is 86.7 Å². The van der Waals surface area contributed by atoms with Gasteiger partial charge in [-0.15, -0.1) is 0 Å². The lowest BCUT2D eigenvalue weighted by Gasteiger charge is -2.09. The van der Waals surface area contributed by atoms with Crippen molar-refractivity contribution in [2.45, 2.75) is 0 Å². The number of hydrogen-bond donors (Lipinski definition) is 0. The molecule has 16 rings (SSSR count). The Morgan fingerprint density at radius 2 is 0.545 bits per heavy atom. The van der Waals surface area contributed by atoms with E-state index in [4.69, 9.17) is 8.83 Å². The molecule has 4 nitrogen and oxygen atoms in total. The molecule has 0 radical (unpaired) electrons. The van der Waals surface area contributed by atoms with E-state index in [1.807, 2.05) is 0 Å². The summed E-state index contributed by atoms with van der Waals surface area (Å²) in [5.74, 6) is 0. The van der Waals surface area contributed by atoms with Crippen LogP contribution in [-0.4, -0.2) is 9.13 Å². The molecular formula is C62H34N2O2. The highest BCUT2D eigenvalue weighted by molar-refractivity contribution is 6.30. The van der Waals surface area contributed by atoms with Gasteiger partial charge in [0.25, 0.3) is 0 Å². The predicted molar refractivity (Wildman–Crippen MR) is 277 cm³/mol. The fourth-order valence-electron chi connectivity index (χ4n) is 11.7. The van der Waals surface area contributed by atoms with Gasteiger partial charge < -0.3 is 18.0 Å². The number of rotatable bonds is 2. The molecular weight excluding hydrogens is 805 g/mol. The molecule has 0 aliphatic carbocycles. The molecule has 66 heavy (non-hydrogen) atoms. The van der Waals surface area contributed by atoms with Crippen molar-refractivity contribution in [1.29, 1.82) is 0 Å². The second-order valence-corrected chi connectivity index (χ2v) is 18.0. The number of benzene rings is 12. The Balaban J connectivity index is 0.905. The van der Waals surface area contributed by atoms with Crippen LogP contribution in [-0.2, 0) is 0 Å². The van der Waals surface area contributed by atoms with Crippen molar-refractivity contribution in [2.24, 2.45) is 0 Å². The molecule has 0 fully saturated rings. The Kier molecular flexibility index (Phi) is 6.52. The number of hydrogen-bond acceptors (Lipinski definition) is 2. The van der Waals surface area contributed by atoms with Gasteiger partial charge in [0, 0.05) is 54.5 Å². The van der Waals surface area contributed by atoms with Crippen LogP contribution < -0.4 is 0 Å². The quantitative estimate of drug-likeness (QED) is 0.174. The fraction of sp³-hybridized carbons (Fsp3) is 0. The fourth-order valence-corrected chi connectivity index (χ4v) is 11.7. The maximum Gasteiger partial charge on any atom is 0.136 e. The number of aromatic nitrogens is 2. The van der Waals surface area contributed by atoms with Crippen molar-refractivity contribution in [3.05, 3.63) is 206 Å². The van der Waals surface area contributed by atoms with Crippen molar-refractivity contribution >= 4 is 141 Å². The summed E-state index contributed by atoms with van der Waals surface area (Å²) in [5, 5.41) is 21.7. The summed E-state index contributed by atoms with van der Waals surface area (Å²) >= 11 is 0. The molecule has 0 aliphatic heterocycles. The minimum absolute atomic E-state index is 0.859. The molecule has 16 aromatic rings. The number of fused-ring (bicyclic) bond motifs is 21. The van der Waals surface area contributed by atoms with Crippen LogP contribution in [0, 0.1) is 0 Å². The molecule has 0 atom stereocenters. The summed E-state index contributed by atoms with van der Waals surface area (Å²) in [7, 11) is 0. The second-order valence-electron chi connectivity index (χ2n) is 18.0. The molecule has 0 N–H and O–H groups in total. The summed E-state index contributed by atoms with van der Waals surface area (Å²) in [6, 6.07) is 75.4. The smallest absolute Gasteiger partial charge is 0.136 e. The largest absolute Gasteiger partial charge is 0.456 e. The first kappa shape index (κ1) is 34.6. The Labute approximate surface area is 375 Å². The van der Waals surface area contributed by atoms with Crippen molar-refractivity contribution in [2.75, 3.05) is 0 Å². The molecule has 0 saturated carbocycles. The van der Waals surface area contributed by atoms with Crippen LogP contribution in [0.4, 0.5) is 0 Å². The van der Waals surface area contributed by atoms with Crippen LogP contribution in [0.15, 0.2) is 215 Å². The summed E-state index contributed by atoms with van der Waals surface area (Å²) in [4.78, 5) is 0. The molecule has 0 bridgehead atoms. The van der Waals surface area contributed by atoms with Crippen LogP contribution in [0.5, 0.6) is 0 Å². The van der Waals surface area contributed by atoms with E-state index >= 15 is 0 Å². The topological polar surface area (TPSA) is 36.1 Å². The summed E-state index contributed by atoms with van der Waals surface area (Å²) in [6.07, 6.45) is 0. The van der Waals surface area contributed by atoms with Crippen LogP contribution >= 0.6 is 0 Å². The van der Waals surface area contributed by atoms with E-state index in [-0.39, 0.29) is 0 Å². The molecule has 4 heteroatoms. The molecule has 0 amide bonds. The van der Waals surface area contributed by atoms with Gasteiger partial charge in [0.15, 0.2) is 0 Å². The first-order chi connectivity index (χ1) is 32.7. The lowest BCUT2D eigenvalue weighted by molar-refractivity contribution is 0.668. The predicted octanol–water partition coefficient (Wildman–Crippen LogP) is 17.4. The molecule has 4 heterocycles. The first-order valence-corrected chi connectivity index (χ1v) is 22.6. The lowest BCUT2D eigenvalue weighted by atomic mass is 10.00. The van der Waals surface area contributed by atoms with E-state index in [0.717, 1.165) is 66.0 Å².